The lowest BCUT2D eigenvalue weighted by atomic mass is 10.0. The quantitative estimate of drug-likeness (QED) is 0.263. The van der Waals surface area contributed by atoms with Gasteiger partial charge in [0.05, 0.1) is 17.7 Å². The summed E-state index contributed by atoms with van der Waals surface area (Å²) in [4.78, 5) is 29.1. The van der Waals surface area contributed by atoms with Gasteiger partial charge in [0.25, 0.3) is 10.0 Å². The molecule has 42 heavy (non-hydrogen) atoms. The third-order valence-electron chi connectivity index (χ3n) is 7.09. The number of ether oxygens (including phenoxy) is 1. The van der Waals surface area contributed by atoms with Crippen molar-refractivity contribution in [1.82, 2.24) is 10.2 Å². The molecule has 0 radical (unpaired) electrons. The number of methoxy groups -OCH3 is 1. The van der Waals surface area contributed by atoms with Crippen LogP contribution in [0.3, 0.4) is 0 Å². The van der Waals surface area contributed by atoms with E-state index in [1.807, 2.05) is 61.5 Å². The van der Waals surface area contributed by atoms with E-state index in [-0.39, 0.29) is 23.8 Å². The Bertz CT molecular complexity index is 1590. The molecule has 4 aromatic carbocycles. The first-order valence-corrected chi connectivity index (χ1v) is 15.0. The van der Waals surface area contributed by atoms with Crippen LogP contribution in [0.4, 0.5) is 5.69 Å². The maximum absolute atomic E-state index is 14.3. The summed E-state index contributed by atoms with van der Waals surface area (Å²) < 4.78 is 34.3. The van der Waals surface area contributed by atoms with Crippen LogP contribution in [-0.2, 0) is 32.6 Å². The Morgan fingerprint density at radius 3 is 2.02 bits per heavy atom. The van der Waals surface area contributed by atoms with Crippen molar-refractivity contribution < 1.29 is 22.7 Å². The largest absolute Gasteiger partial charge is 0.497 e. The van der Waals surface area contributed by atoms with Gasteiger partial charge in [-0.25, -0.2) is 8.42 Å². The van der Waals surface area contributed by atoms with Crippen molar-refractivity contribution in [2.75, 3.05) is 25.0 Å². The number of nitrogens with zero attached hydrogens (tertiary/aromatic N) is 2. The number of para-hydroxylation sites is 1. The minimum Gasteiger partial charge on any atom is -0.497 e. The third kappa shape index (κ3) is 7.16. The van der Waals surface area contributed by atoms with Crippen molar-refractivity contribution in [2.24, 2.45) is 0 Å². The molecule has 8 nitrogen and oxygen atoms in total. The first-order chi connectivity index (χ1) is 20.2. The highest BCUT2D eigenvalue weighted by Crippen LogP contribution is 2.26. The van der Waals surface area contributed by atoms with Crippen LogP contribution in [0.2, 0.25) is 0 Å². The first-order valence-electron chi connectivity index (χ1n) is 13.6. The number of benzene rings is 4. The number of nitrogens with one attached hydrogen (secondary N) is 1. The van der Waals surface area contributed by atoms with E-state index in [2.05, 4.69) is 5.32 Å². The molecule has 9 heteroatoms. The Kier molecular flexibility index (Phi) is 9.98. The fraction of sp³-hybridized carbons (Fsp3) is 0.212. The second kappa shape index (κ2) is 13.8. The number of rotatable bonds is 12. The molecule has 1 N–H and O–H groups in total. The van der Waals surface area contributed by atoms with E-state index in [0.29, 0.717) is 11.4 Å². The van der Waals surface area contributed by atoms with E-state index in [9.17, 15) is 18.0 Å². The van der Waals surface area contributed by atoms with Crippen LogP contribution in [0.5, 0.6) is 5.75 Å². The molecule has 0 unspecified atom stereocenters. The lowest BCUT2D eigenvalue weighted by Gasteiger charge is -2.34. The van der Waals surface area contributed by atoms with E-state index in [4.69, 9.17) is 4.74 Å². The van der Waals surface area contributed by atoms with Crippen LogP contribution in [0.15, 0.2) is 114 Å². The molecule has 2 amide bonds. The van der Waals surface area contributed by atoms with E-state index < -0.39 is 28.5 Å². The van der Waals surface area contributed by atoms with Gasteiger partial charge >= 0.3 is 0 Å². The Labute approximate surface area is 247 Å². The molecule has 0 aliphatic heterocycles. The van der Waals surface area contributed by atoms with Gasteiger partial charge in [0.2, 0.25) is 11.8 Å². The smallest absolute Gasteiger partial charge is 0.264 e. The van der Waals surface area contributed by atoms with Crippen LogP contribution >= 0.6 is 0 Å². The summed E-state index contributed by atoms with van der Waals surface area (Å²) in [6.45, 7) is 1.56. The Morgan fingerprint density at radius 1 is 0.833 bits per heavy atom. The predicted octanol–water partition coefficient (Wildman–Crippen LogP) is 4.59. The maximum Gasteiger partial charge on any atom is 0.264 e. The summed E-state index contributed by atoms with van der Waals surface area (Å²) in [5.41, 5.74) is 3.02. The highest BCUT2D eigenvalue weighted by molar-refractivity contribution is 7.92. The number of sulfonamides is 1. The molecule has 1 atom stereocenters. The minimum atomic E-state index is -4.17. The second-order valence-corrected chi connectivity index (χ2v) is 11.7. The second-order valence-electron chi connectivity index (χ2n) is 9.79. The van der Waals surface area contributed by atoms with Crippen molar-refractivity contribution in [1.29, 1.82) is 0 Å². The fourth-order valence-electron chi connectivity index (χ4n) is 4.69. The molecule has 0 fully saturated rings. The van der Waals surface area contributed by atoms with Crippen LogP contribution in [0, 0.1) is 6.92 Å². The zero-order chi connectivity index (χ0) is 30.1. The molecule has 0 heterocycles. The van der Waals surface area contributed by atoms with E-state index in [0.717, 1.165) is 21.0 Å². The molecule has 0 aromatic heterocycles. The molecule has 218 valence electrons. The van der Waals surface area contributed by atoms with Crippen molar-refractivity contribution in [3.63, 3.8) is 0 Å². The highest BCUT2D eigenvalue weighted by Gasteiger charge is 2.34. The minimum absolute atomic E-state index is 0.0116. The number of hydrogen-bond donors (Lipinski definition) is 1. The number of amides is 2. The number of carbonyl (C=O) groups is 2. The zero-order valence-electron chi connectivity index (χ0n) is 23.9. The van der Waals surface area contributed by atoms with Crippen molar-refractivity contribution in [2.45, 2.75) is 30.8 Å². The van der Waals surface area contributed by atoms with Crippen LogP contribution in [0.1, 0.15) is 16.7 Å². The average molecular weight is 586 g/mol. The lowest BCUT2D eigenvalue weighted by Crippen LogP contribution is -2.53. The van der Waals surface area contributed by atoms with Crippen molar-refractivity contribution >= 4 is 27.5 Å². The van der Waals surface area contributed by atoms with E-state index in [1.165, 1.54) is 31.2 Å². The number of carbonyl (C=O) groups excluding carboxylic acids is 2. The van der Waals surface area contributed by atoms with Gasteiger partial charge in [-0.1, -0.05) is 72.8 Å². The molecule has 0 saturated heterocycles. The molecular formula is C33H35N3O5S. The zero-order valence-corrected chi connectivity index (χ0v) is 24.8. The van der Waals surface area contributed by atoms with Gasteiger partial charge in [-0.05, 0) is 60.0 Å². The molecule has 4 aromatic rings. The van der Waals surface area contributed by atoms with Gasteiger partial charge in [0.1, 0.15) is 18.3 Å². The SMILES string of the molecule is CNC(=O)[C@@H](Cc1ccccc1)N(Cc1ccccc1C)C(=O)CN(c1ccccc1)S(=O)(=O)c1ccc(OC)cc1. The summed E-state index contributed by atoms with van der Waals surface area (Å²) in [6, 6.07) is 30.7. The molecule has 4 rings (SSSR count). The Morgan fingerprint density at radius 2 is 1.43 bits per heavy atom. The third-order valence-corrected chi connectivity index (χ3v) is 8.88. The summed E-state index contributed by atoms with van der Waals surface area (Å²) >= 11 is 0. The summed E-state index contributed by atoms with van der Waals surface area (Å²) in [7, 11) is -1.14. The number of hydrogen-bond acceptors (Lipinski definition) is 5. The first kappa shape index (κ1) is 30.3. The monoisotopic (exact) mass is 585 g/mol. The molecule has 0 spiro atoms. The number of aryl methyl sites for hydroxylation is 1. The van der Waals surface area contributed by atoms with E-state index in [1.54, 1.807) is 42.5 Å². The predicted molar refractivity (Wildman–Crippen MR) is 164 cm³/mol. The standard InChI is InChI=1S/C33H35N3O5S/c1-25-12-10-11-15-27(25)23-35(31(33(38)34-2)22-26-13-6-4-7-14-26)32(37)24-36(28-16-8-5-9-17-28)42(39,40)30-20-18-29(41-3)19-21-30/h4-21,31H,22-24H2,1-3H3,(H,34,38)/t31-/m1/s1. The molecular weight excluding hydrogens is 550 g/mol. The number of anilines is 1. The Hall–Kier alpha value is -4.63. The normalized spacial score (nSPS) is 11.8. The highest BCUT2D eigenvalue weighted by atomic mass is 32.2. The maximum atomic E-state index is 14.3. The topological polar surface area (TPSA) is 96.0 Å². The summed E-state index contributed by atoms with van der Waals surface area (Å²) in [5, 5.41) is 2.70. The van der Waals surface area contributed by atoms with Crippen LogP contribution in [-0.4, -0.2) is 51.9 Å². The van der Waals surface area contributed by atoms with Gasteiger partial charge in [0.15, 0.2) is 0 Å². The summed E-state index contributed by atoms with van der Waals surface area (Å²) in [6.07, 6.45) is 0.259. The van der Waals surface area contributed by atoms with Gasteiger partial charge in [-0.3, -0.25) is 13.9 Å². The molecule has 0 aliphatic rings. The van der Waals surface area contributed by atoms with Gasteiger partial charge in [-0.2, -0.15) is 0 Å². The molecule has 0 saturated carbocycles. The molecule has 0 aliphatic carbocycles. The Balaban J connectivity index is 1.77. The summed E-state index contributed by atoms with van der Waals surface area (Å²) in [5.74, 6) is -0.344. The average Bonchev–Trinajstić information content (AvgIpc) is 3.02. The van der Waals surface area contributed by atoms with E-state index >= 15 is 0 Å². The fourth-order valence-corrected chi connectivity index (χ4v) is 6.10. The number of likely N-dealkylation sites (N-methyl/N-ethyl adjacent to an activating group) is 1. The van der Waals surface area contributed by atoms with Crippen molar-refractivity contribution in [3.05, 3.63) is 126 Å². The van der Waals surface area contributed by atoms with Gasteiger partial charge in [0, 0.05) is 20.0 Å². The van der Waals surface area contributed by atoms with Crippen molar-refractivity contribution in [3.8, 4) is 5.75 Å². The molecule has 0 bridgehead atoms. The van der Waals surface area contributed by atoms with Crippen LogP contribution in [0.25, 0.3) is 0 Å². The van der Waals surface area contributed by atoms with Crippen LogP contribution < -0.4 is 14.4 Å². The van der Waals surface area contributed by atoms with Gasteiger partial charge < -0.3 is 15.0 Å². The van der Waals surface area contributed by atoms with Gasteiger partial charge in [-0.15, -0.1) is 0 Å². The lowest BCUT2D eigenvalue weighted by molar-refractivity contribution is -0.139.